The molecule has 0 aliphatic heterocycles. The second-order valence-corrected chi connectivity index (χ2v) is 5.37. The van der Waals surface area contributed by atoms with Crippen LogP contribution in [0.1, 0.15) is 24.4 Å². The quantitative estimate of drug-likeness (QED) is 0.867. The highest BCUT2D eigenvalue weighted by Crippen LogP contribution is 2.32. The molecule has 0 aromatic carbocycles. The van der Waals surface area contributed by atoms with Crippen molar-refractivity contribution in [2.75, 3.05) is 0 Å². The fraction of sp³-hybridized carbons (Fsp3) is 0.333. The Balaban J connectivity index is 2.47. The van der Waals surface area contributed by atoms with Gasteiger partial charge in [0.25, 0.3) is 0 Å². The largest absolute Gasteiger partial charge is 0.321 e. The number of aryl methyl sites for hydroxylation is 1. The highest BCUT2D eigenvalue weighted by atomic mass is 32.1. The van der Waals surface area contributed by atoms with E-state index in [0.29, 0.717) is 0 Å². The SMILES string of the molecule is Cc1nc(-c2ccccn2)sc1C(C)(C)N. The summed E-state index contributed by atoms with van der Waals surface area (Å²) < 4.78 is 0. The van der Waals surface area contributed by atoms with Crippen LogP contribution < -0.4 is 5.73 Å². The summed E-state index contributed by atoms with van der Waals surface area (Å²) in [7, 11) is 0. The summed E-state index contributed by atoms with van der Waals surface area (Å²) >= 11 is 1.62. The molecule has 0 unspecified atom stereocenters. The molecule has 0 aliphatic carbocycles. The lowest BCUT2D eigenvalue weighted by molar-refractivity contribution is 0.562. The summed E-state index contributed by atoms with van der Waals surface area (Å²) in [4.78, 5) is 9.93. The van der Waals surface area contributed by atoms with Crippen LogP contribution in [-0.2, 0) is 5.54 Å². The van der Waals surface area contributed by atoms with E-state index in [1.165, 1.54) is 0 Å². The lowest BCUT2D eigenvalue weighted by Crippen LogP contribution is -2.28. The van der Waals surface area contributed by atoms with Gasteiger partial charge in [0.2, 0.25) is 0 Å². The second kappa shape index (κ2) is 3.96. The summed E-state index contributed by atoms with van der Waals surface area (Å²) in [5, 5.41) is 0.937. The zero-order valence-electron chi connectivity index (χ0n) is 9.69. The maximum Gasteiger partial charge on any atom is 0.142 e. The first kappa shape index (κ1) is 11.2. The van der Waals surface area contributed by atoms with Crippen molar-refractivity contribution in [3.8, 4) is 10.7 Å². The summed E-state index contributed by atoms with van der Waals surface area (Å²) in [6, 6.07) is 5.83. The Kier molecular flexibility index (Phi) is 2.78. The van der Waals surface area contributed by atoms with Crippen molar-refractivity contribution in [2.24, 2.45) is 5.73 Å². The van der Waals surface area contributed by atoms with E-state index in [9.17, 15) is 0 Å². The molecule has 84 valence electrons. The Labute approximate surface area is 99.4 Å². The Morgan fingerprint density at radius 2 is 2.06 bits per heavy atom. The van der Waals surface area contributed by atoms with E-state index < -0.39 is 0 Å². The molecule has 0 saturated carbocycles. The maximum atomic E-state index is 6.10. The average molecular weight is 233 g/mol. The molecule has 0 aliphatic rings. The summed E-state index contributed by atoms with van der Waals surface area (Å²) in [6.07, 6.45) is 1.78. The maximum absolute atomic E-state index is 6.10. The molecule has 0 spiro atoms. The van der Waals surface area contributed by atoms with E-state index >= 15 is 0 Å². The van der Waals surface area contributed by atoms with Gasteiger partial charge in [0, 0.05) is 16.6 Å². The Morgan fingerprint density at radius 3 is 2.56 bits per heavy atom. The lowest BCUT2D eigenvalue weighted by atomic mass is 10.0. The molecule has 2 rings (SSSR count). The van der Waals surface area contributed by atoms with Gasteiger partial charge in [0.1, 0.15) is 5.01 Å². The number of thiazole rings is 1. The van der Waals surface area contributed by atoms with Crippen molar-refractivity contribution >= 4 is 11.3 Å². The first-order valence-corrected chi connectivity index (χ1v) is 5.98. The van der Waals surface area contributed by atoms with Gasteiger partial charge in [-0.1, -0.05) is 6.07 Å². The molecular weight excluding hydrogens is 218 g/mol. The van der Waals surface area contributed by atoms with Crippen LogP contribution in [0.25, 0.3) is 10.7 Å². The van der Waals surface area contributed by atoms with Crippen molar-refractivity contribution in [3.05, 3.63) is 35.0 Å². The minimum absolute atomic E-state index is 0.339. The van der Waals surface area contributed by atoms with Gasteiger partial charge in [-0.25, -0.2) is 4.98 Å². The van der Waals surface area contributed by atoms with Crippen LogP contribution in [0, 0.1) is 6.92 Å². The van der Waals surface area contributed by atoms with Crippen LogP contribution in [-0.4, -0.2) is 9.97 Å². The number of rotatable bonds is 2. The number of pyridine rings is 1. The van der Waals surface area contributed by atoms with Crippen LogP contribution in [0.3, 0.4) is 0 Å². The molecule has 16 heavy (non-hydrogen) atoms. The third-order valence-electron chi connectivity index (χ3n) is 2.27. The Hall–Kier alpha value is -1.26. The molecule has 0 fully saturated rings. The monoisotopic (exact) mass is 233 g/mol. The molecule has 0 atom stereocenters. The molecule has 2 aromatic heterocycles. The molecular formula is C12H15N3S. The van der Waals surface area contributed by atoms with Crippen molar-refractivity contribution in [3.63, 3.8) is 0 Å². The third-order valence-corrected chi connectivity index (χ3v) is 3.79. The van der Waals surface area contributed by atoms with Gasteiger partial charge in [-0.2, -0.15) is 0 Å². The first-order valence-electron chi connectivity index (χ1n) is 5.16. The van der Waals surface area contributed by atoms with E-state index in [-0.39, 0.29) is 5.54 Å². The highest BCUT2D eigenvalue weighted by Gasteiger charge is 2.21. The number of hydrogen-bond acceptors (Lipinski definition) is 4. The number of nitrogens with two attached hydrogens (primary N) is 1. The van der Waals surface area contributed by atoms with Crippen LogP contribution >= 0.6 is 11.3 Å². The van der Waals surface area contributed by atoms with Crippen molar-refractivity contribution in [2.45, 2.75) is 26.3 Å². The van der Waals surface area contributed by atoms with Gasteiger partial charge in [-0.3, -0.25) is 4.98 Å². The van der Waals surface area contributed by atoms with E-state index in [0.717, 1.165) is 21.3 Å². The van der Waals surface area contributed by atoms with Gasteiger partial charge in [-0.15, -0.1) is 11.3 Å². The van der Waals surface area contributed by atoms with Gasteiger partial charge in [-0.05, 0) is 32.9 Å². The molecule has 2 aromatic rings. The molecule has 0 amide bonds. The number of hydrogen-bond donors (Lipinski definition) is 1. The van der Waals surface area contributed by atoms with Crippen molar-refractivity contribution in [1.82, 2.24) is 9.97 Å². The predicted octanol–water partition coefficient (Wildman–Crippen LogP) is 2.71. The van der Waals surface area contributed by atoms with E-state index in [1.807, 2.05) is 39.0 Å². The fourth-order valence-electron chi connectivity index (χ4n) is 1.59. The third kappa shape index (κ3) is 2.13. The van der Waals surface area contributed by atoms with E-state index in [2.05, 4.69) is 9.97 Å². The fourth-order valence-corrected chi connectivity index (χ4v) is 2.65. The normalized spacial score (nSPS) is 11.8. The molecule has 0 bridgehead atoms. The molecule has 0 saturated heterocycles. The highest BCUT2D eigenvalue weighted by molar-refractivity contribution is 7.15. The summed E-state index contributed by atoms with van der Waals surface area (Å²) in [6.45, 7) is 5.98. The Bertz CT molecular complexity index is 483. The smallest absolute Gasteiger partial charge is 0.142 e. The standard InChI is InChI=1S/C12H15N3S/c1-8-10(12(2,3)13)16-11(15-8)9-6-4-5-7-14-9/h4-7H,13H2,1-3H3. The topological polar surface area (TPSA) is 51.8 Å². The molecule has 2 N–H and O–H groups in total. The van der Waals surface area contributed by atoms with Crippen molar-refractivity contribution in [1.29, 1.82) is 0 Å². The van der Waals surface area contributed by atoms with Crippen molar-refractivity contribution < 1.29 is 0 Å². The zero-order chi connectivity index (χ0) is 11.8. The van der Waals surface area contributed by atoms with E-state index in [4.69, 9.17) is 5.73 Å². The van der Waals surface area contributed by atoms with Crippen LogP contribution in [0.2, 0.25) is 0 Å². The molecule has 4 heteroatoms. The van der Waals surface area contributed by atoms with Crippen LogP contribution in [0.5, 0.6) is 0 Å². The summed E-state index contributed by atoms with van der Waals surface area (Å²) in [5.41, 5.74) is 7.67. The van der Waals surface area contributed by atoms with Gasteiger partial charge >= 0.3 is 0 Å². The minimum Gasteiger partial charge on any atom is -0.321 e. The molecule has 0 radical (unpaired) electrons. The van der Waals surface area contributed by atoms with Crippen LogP contribution in [0.15, 0.2) is 24.4 Å². The van der Waals surface area contributed by atoms with Gasteiger partial charge in [0.05, 0.1) is 11.4 Å². The van der Waals surface area contributed by atoms with E-state index in [1.54, 1.807) is 17.5 Å². The second-order valence-electron chi connectivity index (χ2n) is 4.37. The van der Waals surface area contributed by atoms with Gasteiger partial charge < -0.3 is 5.73 Å². The minimum atomic E-state index is -0.339. The number of nitrogens with zero attached hydrogens (tertiary/aromatic N) is 2. The average Bonchev–Trinajstić information content (AvgIpc) is 2.61. The summed E-state index contributed by atoms with van der Waals surface area (Å²) in [5.74, 6) is 0. The zero-order valence-corrected chi connectivity index (χ0v) is 10.5. The number of aromatic nitrogens is 2. The van der Waals surface area contributed by atoms with Crippen LogP contribution in [0.4, 0.5) is 0 Å². The Morgan fingerprint density at radius 1 is 1.31 bits per heavy atom. The molecule has 2 heterocycles. The predicted molar refractivity (Wildman–Crippen MR) is 67.3 cm³/mol. The first-order chi connectivity index (χ1) is 7.48. The van der Waals surface area contributed by atoms with Gasteiger partial charge in [0.15, 0.2) is 0 Å². The molecule has 3 nitrogen and oxygen atoms in total. The lowest BCUT2D eigenvalue weighted by Gasteiger charge is -2.16.